The SMILES string of the molecule is CCCn1ncc(NC2CC2C)c(Br)c1=O. The lowest BCUT2D eigenvalue weighted by Crippen LogP contribution is -2.24. The molecule has 0 aliphatic heterocycles. The van der Waals surface area contributed by atoms with E-state index in [1.54, 1.807) is 6.20 Å². The molecule has 5 heteroatoms. The lowest BCUT2D eigenvalue weighted by atomic mass is 10.4. The summed E-state index contributed by atoms with van der Waals surface area (Å²) in [5, 5.41) is 7.47. The number of aryl methyl sites for hydroxylation is 1. The van der Waals surface area contributed by atoms with Crippen LogP contribution in [0.5, 0.6) is 0 Å². The van der Waals surface area contributed by atoms with Gasteiger partial charge in [0, 0.05) is 12.6 Å². The van der Waals surface area contributed by atoms with Crippen LogP contribution in [0.2, 0.25) is 0 Å². The third kappa shape index (κ3) is 2.29. The molecular formula is C11H16BrN3O. The normalized spacial score (nSPS) is 23.2. The Labute approximate surface area is 103 Å². The summed E-state index contributed by atoms with van der Waals surface area (Å²) < 4.78 is 2.08. The summed E-state index contributed by atoms with van der Waals surface area (Å²) in [7, 11) is 0. The van der Waals surface area contributed by atoms with Crippen molar-refractivity contribution >= 4 is 21.6 Å². The van der Waals surface area contributed by atoms with E-state index in [4.69, 9.17) is 0 Å². The number of halogens is 1. The van der Waals surface area contributed by atoms with E-state index >= 15 is 0 Å². The lowest BCUT2D eigenvalue weighted by Gasteiger charge is -2.09. The molecule has 0 aromatic carbocycles. The van der Waals surface area contributed by atoms with E-state index in [9.17, 15) is 4.79 Å². The zero-order chi connectivity index (χ0) is 11.7. The molecule has 2 atom stereocenters. The smallest absolute Gasteiger partial charge is 0.283 e. The number of hydrogen-bond acceptors (Lipinski definition) is 3. The minimum Gasteiger partial charge on any atom is -0.380 e. The average molecular weight is 286 g/mol. The molecule has 2 rings (SSSR count). The molecule has 4 nitrogen and oxygen atoms in total. The maximum absolute atomic E-state index is 11.9. The molecule has 1 N–H and O–H groups in total. The van der Waals surface area contributed by atoms with Crippen LogP contribution in [-0.4, -0.2) is 15.8 Å². The maximum atomic E-state index is 11.9. The van der Waals surface area contributed by atoms with Gasteiger partial charge < -0.3 is 5.32 Å². The van der Waals surface area contributed by atoms with Gasteiger partial charge in [-0.3, -0.25) is 4.79 Å². The van der Waals surface area contributed by atoms with E-state index in [1.807, 2.05) is 6.92 Å². The van der Waals surface area contributed by atoms with Crippen LogP contribution in [0.4, 0.5) is 5.69 Å². The van der Waals surface area contributed by atoms with Gasteiger partial charge in [-0.25, -0.2) is 4.68 Å². The second-order valence-corrected chi connectivity index (χ2v) is 5.16. The third-order valence-electron chi connectivity index (χ3n) is 2.87. The molecule has 0 bridgehead atoms. The van der Waals surface area contributed by atoms with Crippen LogP contribution >= 0.6 is 15.9 Å². The molecule has 1 aliphatic carbocycles. The van der Waals surface area contributed by atoms with Crippen molar-refractivity contribution in [3.05, 3.63) is 21.0 Å². The van der Waals surface area contributed by atoms with Gasteiger partial charge in [-0.2, -0.15) is 5.10 Å². The first-order chi connectivity index (χ1) is 7.63. The van der Waals surface area contributed by atoms with Crippen molar-refractivity contribution in [2.24, 2.45) is 5.92 Å². The molecular weight excluding hydrogens is 270 g/mol. The van der Waals surface area contributed by atoms with E-state index in [-0.39, 0.29) is 5.56 Å². The fourth-order valence-electron chi connectivity index (χ4n) is 1.66. The predicted molar refractivity (Wildman–Crippen MR) is 67.7 cm³/mol. The van der Waals surface area contributed by atoms with Gasteiger partial charge in [0.1, 0.15) is 4.47 Å². The summed E-state index contributed by atoms with van der Waals surface area (Å²) in [6.45, 7) is 4.88. The Morgan fingerprint density at radius 3 is 2.94 bits per heavy atom. The molecule has 2 unspecified atom stereocenters. The van der Waals surface area contributed by atoms with E-state index in [1.165, 1.54) is 11.1 Å². The van der Waals surface area contributed by atoms with E-state index in [0.717, 1.165) is 12.1 Å². The molecule has 1 aromatic rings. The van der Waals surface area contributed by atoms with E-state index in [2.05, 4.69) is 33.3 Å². The summed E-state index contributed by atoms with van der Waals surface area (Å²) in [6.07, 6.45) is 3.81. The van der Waals surface area contributed by atoms with Gasteiger partial charge in [0.2, 0.25) is 0 Å². The highest BCUT2D eigenvalue weighted by molar-refractivity contribution is 9.10. The monoisotopic (exact) mass is 285 g/mol. The van der Waals surface area contributed by atoms with Gasteiger partial charge in [0.15, 0.2) is 0 Å². The number of rotatable bonds is 4. The minimum absolute atomic E-state index is 0.0554. The molecule has 0 radical (unpaired) electrons. The van der Waals surface area contributed by atoms with Crippen molar-refractivity contribution in [3.8, 4) is 0 Å². The van der Waals surface area contributed by atoms with Crippen LogP contribution in [0, 0.1) is 5.92 Å². The van der Waals surface area contributed by atoms with Crippen LogP contribution in [0.15, 0.2) is 15.5 Å². The molecule has 1 saturated carbocycles. The molecule has 0 amide bonds. The Kier molecular flexibility index (Phi) is 3.33. The lowest BCUT2D eigenvalue weighted by molar-refractivity contribution is 0.566. The van der Waals surface area contributed by atoms with Gasteiger partial charge >= 0.3 is 0 Å². The van der Waals surface area contributed by atoms with Gasteiger partial charge in [0.25, 0.3) is 5.56 Å². The second-order valence-electron chi connectivity index (χ2n) is 4.36. The van der Waals surface area contributed by atoms with Crippen molar-refractivity contribution in [2.45, 2.75) is 39.3 Å². The van der Waals surface area contributed by atoms with Crippen LogP contribution < -0.4 is 10.9 Å². The predicted octanol–water partition coefficient (Wildman–Crippen LogP) is 2.24. The van der Waals surface area contributed by atoms with Crippen molar-refractivity contribution in [2.75, 3.05) is 5.32 Å². The number of nitrogens with one attached hydrogen (secondary N) is 1. The van der Waals surface area contributed by atoms with Crippen LogP contribution in [-0.2, 0) is 6.54 Å². The average Bonchev–Trinajstić information content (AvgIpc) is 2.94. The number of hydrogen-bond donors (Lipinski definition) is 1. The Balaban J connectivity index is 2.21. The molecule has 1 aliphatic rings. The molecule has 1 aromatic heterocycles. The highest BCUT2D eigenvalue weighted by Gasteiger charge is 2.33. The largest absolute Gasteiger partial charge is 0.380 e. The summed E-state index contributed by atoms with van der Waals surface area (Å²) in [5.41, 5.74) is 0.756. The number of nitrogens with zero attached hydrogens (tertiary/aromatic N) is 2. The van der Waals surface area contributed by atoms with Gasteiger partial charge in [0.05, 0.1) is 11.9 Å². The van der Waals surface area contributed by atoms with Gasteiger partial charge in [-0.1, -0.05) is 13.8 Å². The standard InChI is InChI=1S/C11H16BrN3O/c1-3-4-15-11(16)10(12)9(6-13-15)14-8-5-7(8)2/h6-8,14H,3-5H2,1-2H3. The quantitative estimate of drug-likeness (QED) is 0.923. The molecule has 1 heterocycles. The minimum atomic E-state index is -0.0554. The summed E-state index contributed by atoms with van der Waals surface area (Å²) >= 11 is 3.34. The summed E-state index contributed by atoms with van der Waals surface area (Å²) in [6, 6.07) is 0.500. The first kappa shape index (κ1) is 11.6. The van der Waals surface area contributed by atoms with Crippen molar-refractivity contribution in [1.82, 2.24) is 9.78 Å². The van der Waals surface area contributed by atoms with Crippen LogP contribution in [0.3, 0.4) is 0 Å². The summed E-state index contributed by atoms with van der Waals surface area (Å²) in [4.78, 5) is 11.9. The zero-order valence-corrected chi connectivity index (χ0v) is 11.1. The van der Waals surface area contributed by atoms with E-state index < -0.39 is 0 Å². The Hall–Kier alpha value is -0.840. The Bertz CT molecular complexity index is 443. The Morgan fingerprint density at radius 1 is 1.69 bits per heavy atom. The molecule has 0 saturated heterocycles. The van der Waals surface area contributed by atoms with Crippen LogP contribution in [0.1, 0.15) is 26.7 Å². The molecule has 1 fully saturated rings. The van der Waals surface area contributed by atoms with Gasteiger partial charge in [-0.15, -0.1) is 0 Å². The van der Waals surface area contributed by atoms with E-state index in [0.29, 0.717) is 23.0 Å². The molecule has 88 valence electrons. The third-order valence-corrected chi connectivity index (χ3v) is 3.64. The topological polar surface area (TPSA) is 46.9 Å². The maximum Gasteiger partial charge on any atom is 0.283 e. The molecule has 16 heavy (non-hydrogen) atoms. The highest BCUT2D eigenvalue weighted by atomic mass is 79.9. The Morgan fingerprint density at radius 2 is 2.38 bits per heavy atom. The first-order valence-electron chi connectivity index (χ1n) is 5.65. The number of anilines is 1. The highest BCUT2D eigenvalue weighted by Crippen LogP contribution is 2.33. The van der Waals surface area contributed by atoms with Crippen molar-refractivity contribution in [1.29, 1.82) is 0 Å². The van der Waals surface area contributed by atoms with Crippen LogP contribution in [0.25, 0.3) is 0 Å². The molecule has 0 spiro atoms. The van der Waals surface area contributed by atoms with Crippen molar-refractivity contribution in [3.63, 3.8) is 0 Å². The second kappa shape index (κ2) is 4.57. The fraction of sp³-hybridized carbons (Fsp3) is 0.636. The zero-order valence-electron chi connectivity index (χ0n) is 9.53. The summed E-state index contributed by atoms with van der Waals surface area (Å²) in [5.74, 6) is 0.699. The van der Waals surface area contributed by atoms with Crippen molar-refractivity contribution < 1.29 is 0 Å². The van der Waals surface area contributed by atoms with Gasteiger partial charge in [-0.05, 0) is 34.7 Å². The first-order valence-corrected chi connectivity index (χ1v) is 6.45. The number of aromatic nitrogens is 2. The fourth-order valence-corrected chi connectivity index (χ4v) is 2.08.